The monoisotopic (exact) mass is 410 g/mol. The number of benzene rings is 1. The molecule has 2 aliphatic heterocycles. The Morgan fingerprint density at radius 1 is 0.933 bits per heavy atom. The molecule has 2 aliphatic rings. The molecule has 0 unspecified atom stereocenters. The zero-order chi connectivity index (χ0) is 21.3. The van der Waals surface area contributed by atoms with E-state index in [2.05, 4.69) is 11.4 Å². The largest absolute Gasteiger partial charge is 0.356 e. The molecule has 3 rings (SSSR count). The number of rotatable bonds is 2. The van der Waals surface area contributed by atoms with Crippen molar-refractivity contribution in [3.8, 4) is 6.07 Å². The van der Waals surface area contributed by atoms with E-state index in [4.69, 9.17) is 5.26 Å². The number of nitrogens with zero attached hydrogens (tertiary/aromatic N) is 3. The number of likely N-dealkylation sites (tertiary alicyclic amines) is 1. The maximum atomic E-state index is 13.1. The van der Waals surface area contributed by atoms with Gasteiger partial charge in [-0.2, -0.15) is 5.26 Å². The van der Waals surface area contributed by atoms with Gasteiger partial charge in [0, 0.05) is 50.6 Å². The van der Waals surface area contributed by atoms with Gasteiger partial charge in [-0.3, -0.25) is 14.4 Å². The second-order valence-corrected chi connectivity index (χ2v) is 8.10. The minimum Gasteiger partial charge on any atom is -0.356 e. The van der Waals surface area contributed by atoms with Gasteiger partial charge in [0.15, 0.2) is 0 Å². The zero-order valence-corrected chi connectivity index (χ0v) is 17.4. The first-order valence-corrected chi connectivity index (χ1v) is 10.9. The highest BCUT2D eigenvalue weighted by Crippen LogP contribution is 2.22. The Kier molecular flexibility index (Phi) is 7.83. The molecular weight excluding hydrogens is 380 g/mol. The lowest BCUT2D eigenvalue weighted by Crippen LogP contribution is -2.45. The third-order valence-electron chi connectivity index (χ3n) is 5.99. The van der Waals surface area contributed by atoms with Crippen molar-refractivity contribution in [2.75, 3.05) is 32.7 Å². The summed E-state index contributed by atoms with van der Waals surface area (Å²) in [7, 11) is 0. The molecule has 1 N–H and O–H groups in total. The van der Waals surface area contributed by atoms with Crippen LogP contribution in [0.2, 0.25) is 0 Å². The van der Waals surface area contributed by atoms with E-state index >= 15 is 0 Å². The number of amides is 3. The first-order valence-electron chi connectivity index (χ1n) is 10.9. The van der Waals surface area contributed by atoms with Gasteiger partial charge in [0.25, 0.3) is 5.91 Å². The fourth-order valence-electron chi connectivity index (χ4n) is 4.12. The molecule has 0 aromatic heterocycles. The lowest BCUT2D eigenvalue weighted by Gasteiger charge is -2.34. The zero-order valence-electron chi connectivity index (χ0n) is 17.4. The second-order valence-electron chi connectivity index (χ2n) is 8.10. The van der Waals surface area contributed by atoms with Crippen molar-refractivity contribution < 1.29 is 14.4 Å². The van der Waals surface area contributed by atoms with E-state index in [1.165, 1.54) is 0 Å². The molecular formula is C23H30N4O3. The van der Waals surface area contributed by atoms with E-state index in [9.17, 15) is 14.4 Å². The number of carbonyl (C=O) groups is 3. The molecule has 7 nitrogen and oxygen atoms in total. The summed E-state index contributed by atoms with van der Waals surface area (Å²) < 4.78 is 0. The molecule has 7 heteroatoms. The summed E-state index contributed by atoms with van der Waals surface area (Å²) in [5, 5.41) is 11.8. The molecule has 2 saturated heterocycles. The van der Waals surface area contributed by atoms with Crippen LogP contribution in [-0.4, -0.2) is 60.2 Å². The van der Waals surface area contributed by atoms with Gasteiger partial charge < -0.3 is 15.1 Å². The first-order chi connectivity index (χ1) is 14.6. The van der Waals surface area contributed by atoms with Crippen LogP contribution in [-0.2, 0) is 9.59 Å². The van der Waals surface area contributed by atoms with Gasteiger partial charge in [-0.15, -0.1) is 0 Å². The van der Waals surface area contributed by atoms with Crippen LogP contribution in [0.15, 0.2) is 24.3 Å². The van der Waals surface area contributed by atoms with Gasteiger partial charge in [0.2, 0.25) is 11.8 Å². The van der Waals surface area contributed by atoms with Crippen LogP contribution >= 0.6 is 0 Å². The van der Waals surface area contributed by atoms with Crippen LogP contribution in [0.5, 0.6) is 0 Å². The minimum atomic E-state index is -0.0943. The third kappa shape index (κ3) is 5.82. The van der Waals surface area contributed by atoms with Crippen molar-refractivity contribution in [2.45, 2.75) is 44.9 Å². The van der Waals surface area contributed by atoms with Crippen LogP contribution in [0, 0.1) is 17.2 Å². The van der Waals surface area contributed by atoms with Crippen molar-refractivity contribution in [3.05, 3.63) is 35.4 Å². The molecule has 3 amide bonds. The van der Waals surface area contributed by atoms with Crippen molar-refractivity contribution in [1.29, 1.82) is 5.26 Å². The van der Waals surface area contributed by atoms with Crippen LogP contribution in [0.4, 0.5) is 0 Å². The number of nitriles is 1. The lowest BCUT2D eigenvalue weighted by molar-refractivity contribution is -0.137. The van der Waals surface area contributed by atoms with E-state index in [0.717, 1.165) is 32.2 Å². The predicted octanol–water partition coefficient (Wildman–Crippen LogP) is 2.32. The predicted molar refractivity (Wildman–Crippen MR) is 112 cm³/mol. The van der Waals surface area contributed by atoms with Gasteiger partial charge in [0.05, 0.1) is 11.6 Å². The smallest absolute Gasteiger partial charge is 0.253 e. The van der Waals surface area contributed by atoms with Crippen LogP contribution < -0.4 is 5.32 Å². The molecule has 0 saturated carbocycles. The van der Waals surface area contributed by atoms with Gasteiger partial charge in [-0.25, -0.2) is 0 Å². The molecule has 0 radical (unpaired) electrons. The molecule has 2 heterocycles. The van der Waals surface area contributed by atoms with Crippen LogP contribution in [0.25, 0.3) is 0 Å². The lowest BCUT2D eigenvalue weighted by atomic mass is 9.94. The molecule has 1 aromatic rings. The third-order valence-corrected chi connectivity index (χ3v) is 5.99. The molecule has 1 aromatic carbocycles. The summed E-state index contributed by atoms with van der Waals surface area (Å²) in [6, 6.07) is 8.70. The van der Waals surface area contributed by atoms with Gasteiger partial charge >= 0.3 is 0 Å². The summed E-state index contributed by atoms with van der Waals surface area (Å²) in [6.45, 7) is 2.98. The van der Waals surface area contributed by atoms with E-state index in [0.29, 0.717) is 56.6 Å². The number of nitrogens with one attached hydrogen (secondary N) is 1. The normalized spacial score (nSPS) is 19.4. The molecule has 160 valence electrons. The van der Waals surface area contributed by atoms with E-state index in [-0.39, 0.29) is 23.6 Å². The quantitative estimate of drug-likeness (QED) is 0.810. The molecule has 0 aliphatic carbocycles. The van der Waals surface area contributed by atoms with E-state index in [1.54, 1.807) is 29.2 Å². The molecule has 2 fully saturated rings. The van der Waals surface area contributed by atoms with Crippen LogP contribution in [0.3, 0.4) is 0 Å². The summed E-state index contributed by atoms with van der Waals surface area (Å²) in [5.41, 5.74) is 1.09. The van der Waals surface area contributed by atoms with Crippen LogP contribution in [0.1, 0.15) is 60.9 Å². The maximum absolute atomic E-state index is 13.1. The standard InChI is InChI=1S/C23H30N4O3/c24-17-18-5-7-19(8-6-18)22(29)27-14-9-20(10-15-27)23(30)26-13-4-2-1-3-12-25-21(28)11-16-26/h5-8,20H,1-4,9-16H2,(H,25,28). The Morgan fingerprint density at radius 3 is 2.33 bits per heavy atom. The number of hydrogen-bond donors (Lipinski definition) is 1. The summed E-state index contributed by atoms with van der Waals surface area (Å²) in [5.74, 6) is -0.0226. The second kappa shape index (κ2) is 10.8. The maximum Gasteiger partial charge on any atom is 0.253 e. The molecule has 0 atom stereocenters. The number of carbonyl (C=O) groups excluding carboxylic acids is 3. The topological polar surface area (TPSA) is 93.5 Å². The highest BCUT2D eigenvalue weighted by Gasteiger charge is 2.30. The van der Waals surface area contributed by atoms with E-state index in [1.807, 2.05) is 4.90 Å². The summed E-state index contributed by atoms with van der Waals surface area (Å²) >= 11 is 0. The van der Waals surface area contributed by atoms with Gasteiger partial charge in [0.1, 0.15) is 0 Å². The average Bonchev–Trinajstić information content (AvgIpc) is 2.84. The van der Waals surface area contributed by atoms with Crippen molar-refractivity contribution in [3.63, 3.8) is 0 Å². The molecule has 30 heavy (non-hydrogen) atoms. The summed E-state index contributed by atoms with van der Waals surface area (Å²) in [6.07, 6.45) is 5.73. The summed E-state index contributed by atoms with van der Waals surface area (Å²) in [4.78, 5) is 41.4. The highest BCUT2D eigenvalue weighted by molar-refractivity contribution is 5.94. The Bertz CT molecular complexity index is 792. The fourth-order valence-corrected chi connectivity index (χ4v) is 4.12. The average molecular weight is 411 g/mol. The number of hydrogen-bond acceptors (Lipinski definition) is 4. The van der Waals surface area contributed by atoms with Gasteiger partial charge in [-0.05, 0) is 49.9 Å². The SMILES string of the molecule is N#Cc1ccc(C(=O)N2CCC(C(=O)N3CCCCCCNC(=O)CC3)CC2)cc1. The van der Waals surface area contributed by atoms with Crippen molar-refractivity contribution >= 4 is 17.7 Å². The fraction of sp³-hybridized carbons (Fsp3) is 0.565. The Morgan fingerprint density at radius 2 is 1.63 bits per heavy atom. The number of piperidine rings is 1. The van der Waals surface area contributed by atoms with E-state index < -0.39 is 0 Å². The molecule has 0 bridgehead atoms. The Balaban J connectivity index is 1.54. The first kappa shape index (κ1) is 21.8. The Labute approximate surface area is 178 Å². The van der Waals surface area contributed by atoms with Crippen molar-refractivity contribution in [1.82, 2.24) is 15.1 Å². The Hall–Kier alpha value is -2.88. The minimum absolute atomic E-state index is 0.0116. The molecule has 0 spiro atoms. The van der Waals surface area contributed by atoms with Gasteiger partial charge in [-0.1, -0.05) is 12.8 Å². The highest BCUT2D eigenvalue weighted by atomic mass is 16.2. The van der Waals surface area contributed by atoms with Crippen molar-refractivity contribution in [2.24, 2.45) is 5.92 Å².